The van der Waals surface area contributed by atoms with Crippen LogP contribution in [0, 0.1) is 5.92 Å². The fourth-order valence-electron chi connectivity index (χ4n) is 3.45. The number of likely N-dealkylation sites (tertiary alicyclic amines) is 1. The van der Waals surface area contributed by atoms with Crippen molar-refractivity contribution in [2.24, 2.45) is 5.92 Å². The summed E-state index contributed by atoms with van der Waals surface area (Å²) in [5.41, 5.74) is 1.27. The molecule has 1 saturated heterocycles. The number of rotatable bonds is 7. The molecule has 1 aromatic heterocycles. The van der Waals surface area contributed by atoms with Crippen LogP contribution >= 0.6 is 11.6 Å². The smallest absolute Gasteiger partial charge is 0.221 e. The minimum atomic E-state index is 0.0444. The maximum atomic E-state index is 12.3. The molecule has 0 aliphatic carbocycles. The van der Waals surface area contributed by atoms with Gasteiger partial charge in [-0.2, -0.15) is 5.10 Å². The Morgan fingerprint density at radius 1 is 1.31 bits per heavy atom. The van der Waals surface area contributed by atoms with Gasteiger partial charge in [-0.1, -0.05) is 48.9 Å². The molecule has 0 bridgehead atoms. The first-order valence-corrected chi connectivity index (χ1v) is 9.73. The number of aromatic nitrogens is 2. The van der Waals surface area contributed by atoms with Crippen molar-refractivity contribution < 1.29 is 4.79 Å². The van der Waals surface area contributed by atoms with E-state index < -0.39 is 0 Å². The van der Waals surface area contributed by atoms with Crippen LogP contribution in [0.25, 0.3) is 0 Å². The molecule has 1 atom stereocenters. The van der Waals surface area contributed by atoms with Crippen molar-refractivity contribution in [3.63, 3.8) is 0 Å². The van der Waals surface area contributed by atoms with Crippen molar-refractivity contribution in [1.29, 1.82) is 0 Å². The molecule has 140 valence electrons. The lowest BCUT2D eigenvalue weighted by Gasteiger charge is -2.37. The highest BCUT2D eigenvalue weighted by Crippen LogP contribution is 2.26. The third-order valence-electron chi connectivity index (χ3n) is 5.11. The second-order valence-electron chi connectivity index (χ2n) is 7.12. The lowest BCUT2D eigenvalue weighted by Crippen LogP contribution is -2.42. The van der Waals surface area contributed by atoms with Crippen molar-refractivity contribution in [3.05, 3.63) is 53.3 Å². The molecule has 1 aromatic carbocycles. The van der Waals surface area contributed by atoms with Gasteiger partial charge < -0.3 is 5.32 Å². The lowest BCUT2D eigenvalue weighted by molar-refractivity contribution is -0.121. The summed E-state index contributed by atoms with van der Waals surface area (Å²) in [4.78, 5) is 14.8. The molecule has 5 nitrogen and oxygen atoms in total. The van der Waals surface area contributed by atoms with Crippen LogP contribution in [-0.4, -0.2) is 40.2 Å². The van der Waals surface area contributed by atoms with Crippen LogP contribution in [-0.2, 0) is 11.3 Å². The highest BCUT2D eigenvalue weighted by Gasteiger charge is 2.24. The number of piperidine rings is 1. The van der Waals surface area contributed by atoms with Gasteiger partial charge in [-0.3, -0.25) is 14.4 Å². The molecule has 0 spiro atoms. The second-order valence-corrected chi connectivity index (χ2v) is 7.56. The number of carbonyl (C=O) groups excluding carboxylic acids is 1. The average molecular weight is 375 g/mol. The summed E-state index contributed by atoms with van der Waals surface area (Å²) in [5.74, 6) is 0.834. The lowest BCUT2D eigenvalue weighted by atomic mass is 9.95. The van der Waals surface area contributed by atoms with Gasteiger partial charge in [-0.15, -0.1) is 0 Å². The van der Waals surface area contributed by atoms with Gasteiger partial charge in [0.15, 0.2) is 0 Å². The van der Waals surface area contributed by atoms with E-state index in [4.69, 9.17) is 11.6 Å². The highest BCUT2D eigenvalue weighted by atomic mass is 35.5. The molecule has 1 amide bonds. The van der Waals surface area contributed by atoms with Crippen LogP contribution in [0.3, 0.4) is 0 Å². The maximum absolute atomic E-state index is 12.3. The normalized spacial score (nSPS) is 17.2. The van der Waals surface area contributed by atoms with Gasteiger partial charge in [-0.25, -0.2) is 0 Å². The molecule has 6 heteroatoms. The Morgan fingerprint density at radius 2 is 2.04 bits per heavy atom. The van der Waals surface area contributed by atoms with Gasteiger partial charge >= 0.3 is 0 Å². The summed E-state index contributed by atoms with van der Waals surface area (Å²) in [5, 5.41) is 7.81. The van der Waals surface area contributed by atoms with Gasteiger partial charge in [0.05, 0.1) is 17.3 Å². The molecular formula is C20H27ClN4O. The van der Waals surface area contributed by atoms with Crippen LogP contribution in [0.15, 0.2) is 42.7 Å². The predicted octanol–water partition coefficient (Wildman–Crippen LogP) is 3.52. The van der Waals surface area contributed by atoms with Crippen LogP contribution in [0.4, 0.5) is 0 Å². The minimum Gasteiger partial charge on any atom is -0.354 e. The van der Waals surface area contributed by atoms with E-state index in [0.717, 1.165) is 19.0 Å². The molecule has 1 aliphatic rings. The van der Waals surface area contributed by atoms with E-state index in [9.17, 15) is 4.79 Å². The van der Waals surface area contributed by atoms with E-state index in [2.05, 4.69) is 46.5 Å². The first-order valence-electron chi connectivity index (χ1n) is 9.35. The molecule has 1 N–H and O–H groups in total. The summed E-state index contributed by atoms with van der Waals surface area (Å²) in [7, 11) is 0. The number of carbonyl (C=O) groups is 1. The number of benzene rings is 1. The molecule has 1 aliphatic heterocycles. The zero-order valence-corrected chi connectivity index (χ0v) is 16.0. The number of hydrogen-bond donors (Lipinski definition) is 1. The molecule has 26 heavy (non-hydrogen) atoms. The molecule has 1 fully saturated rings. The zero-order chi connectivity index (χ0) is 18.4. The Balaban J connectivity index is 1.56. The molecule has 1 unspecified atom stereocenters. The number of amides is 1. The van der Waals surface area contributed by atoms with Crippen LogP contribution in [0.5, 0.6) is 0 Å². The van der Waals surface area contributed by atoms with Crippen molar-refractivity contribution in [1.82, 2.24) is 20.0 Å². The number of nitrogens with one attached hydrogen (secondary N) is 1. The van der Waals surface area contributed by atoms with E-state index in [1.165, 1.54) is 18.4 Å². The Kier molecular flexibility index (Phi) is 6.69. The molecule has 0 saturated carbocycles. The van der Waals surface area contributed by atoms with Gasteiger partial charge in [-0.05, 0) is 37.4 Å². The summed E-state index contributed by atoms with van der Waals surface area (Å²) in [6, 6.07) is 10.7. The van der Waals surface area contributed by atoms with Crippen molar-refractivity contribution >= 4 is 17.5 Å². The predicted molar refractivity (Wildman–Crippen MR) is 104 cm³/mol. The standard InChI is InChI=1S/C20H27ClN4O/c1-16-7-10-24(11-8-16)19(17-5-3-2-4-6-17)14-22-20(26)9-12-25-15-18(21)13-23-25/h2-6,13,15-16,19H,7-12,14H2,1H3,(H,22,26). The Bertz CT molecular complexity index is 695. The Hall–Kier alpha value is -1.85. The first kappa shape index (κ1) is 18.9. The third-order valence-corrected chi connectivity index (χ3v) is 5.30. The average Bonchev–Trinajstić information content (AvgIpc) is 3.08. The second kappa shape index (κ2) is 9.19. The van der Waals surface area contributed by atoms with Gasteiger partial charge in [0.25, 0.3) is 0 Å². The van der Waals surface area contributed by atoms with Gasteiger partial charge in [0.2, 0.25) is 5.91 Å². The highest BCUT2D eigenvalue weighted by molar-refractivity contribution is 6.30. The Morgan fingerprint density at radius 3 is 2.69 bits per heavy atom. The van der Waals surface area contributed by atoms with Crippen molar-refractivity contribution in [3.8, 4) is 0 Å². The fraction of sp³-hybridized carbons (Fsp3) is 0.500. The number of hydrogen-bond acceptors (Lipinski definition) is 3. The summed E-state index contributed by atoms with van der Waals surface area (Å²) in [6.07, 6.45) is 6.16. The first-order chi connectivity index (χ1) is 12.6. The number of nitrogens with zero attached hydrogens (tertiary/aromatic N) is 3. The topological polar surface area (TPSA) is 50.2 Å². The van der Waals surface area contributed by atoms with Crippen LogP contribution in [0.1, 0.15) is 37.8 Å². The molecular weight excluding hydrogens is 348 g/mol. The van der Waals surface area contributed by atoms with Gasteiger partial charge in [0.1, 0.15) is 0 Å². The van der Waals surface area contributed by atoms with Crippen molar-refractivity contribution in [2.45, 2.75) is 38.8 Å². The minimum absolute atomic E-state index is 0.0444. The number of aryl methyl sites for hydroxylation is 1. The molecule has 2 heterocycles. The van der Waals surface area contributed by atoms with E-state index >= 15 is 0 Å². The zero-order valence-electron chi connectivity index (χ0n) is 15.3. The quantitative estimate of drug-likeness (QED) is 0.806. The summed E-state index contributed by atoms with van der Waals surface area (Å²) in [6.45, 7) is 5.66. The summed E-state index contributed by atoms with van der Waals surface area (Å²) >= 11 is 5.85. The third kappa shape index (κ3) is 5.32. The van der Waals surface area contributed by atoms with E-state index in [-0.39, 0.29) is 11.9 Å². The van der Waals surface area contributed by atoms with Gasteiger partial charge in [0, 0.05) is 25.7 Å². The molecule has 0 radical (unpaired) electrons. The Labute approximate surface area is 160 Å². The fourth-order valence-corrected chi connectivity index (χ4v) is 3.61. The van der Waals surface area contributed by atoms with Crippen LogP contribution in [0.2, 0.25) is 5.02 Å². The van der Waals surface area contributed by atoms with E-state index in [1.807, 2.05) is 6.07 Å². The molecule has 2 aromatic rings. The van der Waals surface area contributed by atoms with Crippen molar-refractivity contribution in [2.75, 3.05) is 19.6 Å². The molecule has 3 rings (SSSR count). The SMILES string of the molecule is CC1CCN(C(CNC(=O)CCn2cc(Cl)cn2)c2ccccc2)CC1. The van der Waals surface area contributed by atoms with E-state index in [0.29, 0.717) is 24.5 Å². The van der Waals surface area contributed by atoms with Crippen LogP contribution < -0.4 is 5.32 Å². The monoisotopic (exact) mass is 374 g/mol. The number of halogens is 1. The largest absolute Gasteiger partial charge is 0.354 e. The maximum Gasteiger partial charge on any atom is 0.221 e. The van der Waals surface area contributed by atoms with E-state index in [1.54, 1.807) is 17.1 Å². The summed E-state index contributed by atoms with van der Waals surface area (Å²) < 4.78 is 1.70.